The van der Waals surface area contributed by atoms with Crippen LogP contribution in [0.1, 0.15) is 22.8 Å². The van der Waals surface area contributed by atoms with Gasteiger partial charge in [-0.3, -0.25) is 4.79 Å². The number of aromatic hydroxyl groups is 1. The Hall–Kier alpha value is -1.59. The lowest BCUT2D eigenvalue weighted by atomic mass is 10.0. The van der Waals surface area contributed by atoms with Crippen molar-refractivity contribution in [3.8, 4) is 5.75 Å². The van der Waals surface area contributed by atoms with Gasteiger partial charge in [0.1, 0.15) is 0 Å². The van der Waals surface area contributed by atoms with Crippen molar-refractivity contribution < 1.29 is 27.5 Å². The van der Waals surface area contributed by atoms with Gasteiger partial charge in [0, 0.05) is 0 Å². The molecule has 1 rings (SSSR count). The lowest BCUT2D eigenvalue weighted by Crippen LogP contribution is -2.12. The van der Waals surface area contributed by atoms with E-state index in [1.165, 1.54) is 0 Å². The van der Waals surface area contributed by atoms with E-state index in [1.54, 1.807) is 0 Å². The average molecular weight is 222 g/mol. The Morgan fingerprint density at radius 1 is 1.33 bits per heavy atom. The molecule has 0 saturated heterocycles. The van der Waals surface area contributed by atoms with Crippen LogP contribution >= 0.6 is 0 Å². The number of Topliss-reactive ketones (excluding diaryl/α,β-unsaturated/α-hetero) is 1. The molecule has 0 aliphatic heterocycles. The summed E-state index contributed by atoms with van der Waals surface area (Å²) in [6.45, 7) is 0.823. The van der Waals surface area contributed by atoms with Gasteiger partial charge in [-0.05, 0) is 19.1 Å². The molecule has 0 spiro atoms. The minimum atomic E-state index is -4.80. The summed E-state index contributed by atoms with van der Waals surface area (Å²) in [5, 5.41) is 9.02. The molecule has 0 fully saturated rings. The fraction of sp³-hybridized carbons (Fsp3) is 0.222. The van der Waals surface area contributed by atoms with Gasteiger partial charge >= 0.3 is 6.18 Å². The van der Waals surface area contributed by atoms with Gasteiger partial charge in [-0.2, -0.15) is 13.2 Å². The van der Waals surface area contributed by atoms with E-state index in [4.69, 9.17) is 5.11 Å². The van der Waals surface area contributed by atoms with Gasteiger partial charge in [-0.15, -0.1) is 0 Å². The van der Waals surface area contributed by atoms with Crippen LogP contribution in [0.25, 0.3) is 0 Å². The molecule has 1 N–H and O–H groups in total. The van der Waals surface area contributed by atoms with Crippen molar-refractivity contribution in [2.75, 3.05) is 0 Å². The van der Waals surface area contributed by atoms with Crippen LogP contribution in [0.3, 0.4) is 0 Å². The Balaban J connectivity index is 3.55. The number of ketones is 1. The third-order valence-electron chi connectivity index (χ3n) is 1.79. The molecule has 0 radical (unpaired) electrons. The summed E-state index contributed by atoms with van der Waals surface area (Å²) in [7, 11) is 0. The van der Waals surface area contributed by atoms with Gasteiger partial charge in [0.2, 0.25) is 0 Å². The molecule has 0 heterocycles. The Morgan fingerprint density at radius 3 is 2.27 bits per heavy atom. The molecule has 0 aliphatic rings. The summed E-state index contributed by atoms with van der Waals surface area (Å²) in [5.41, 5.74) is -2.38. The first-order valence-corrected chi connectivity index (χ1v) is 3.84. The summed E-state index contributed by atoms with van der Waals surface area (Å²) in [5.74, 6) is -3.56. The topological polar surface area (TPSA) is 37.3 Å². The van der Waals surface area contributed by atoms with E-state index < -0.39 is 34.7 Å². The number of alkyl halides is 3. The number of phenolic OH excluding ortho intramolecular Hbond substituents is 1. The second-order valence-electron chi connectivity index (χ2n) is 2.87. The van der Waals surface area contributed by atoms with E-state index >= 15 is 0 Å². The Labute approximate surface area is 82.1 Å². The van der Waals surface area contributed by atoms with Crippen LogP contribution in [0, 0.1) is 5.82 Å². The lowest BCUT2D eigenvalue weighted by Gasteiger charge is -2.12. The summed E-state index contributed by atoms with van der Waals surface area (Å²) in [6.07, 6.45) is -4.80. The van der Waals surface area contributed by atoms with Gasteiger partial charge in [0.15, 0.2) is 17.3 Å². The molecular formula is C9H6F4O2. The number of rotatable bonds is 1. The maximum Gasteiger partial charge on any atom is 0.417 e. The van der Waals surface area contributed by atoms with Crippen LogP contribution in [-0.4, -0.2) is 10.9 Å². The molecule has 0 atom stereocenters. The van der Waals surface area contributed by atoms with Crippen LogP contribution < -0.4 is 0 Å². The van der Waals surface area contributed by atoms with E-state index in [1.807, 2.05) is 0 Å². The minimum absolute atomic E-state index is 0.422. The molecule has 0 saturated carbocycles. The van der Waals surface area contributed by atoms with Gasteiger partial charge < -0.3 is 5.11 Å². The van der Waals surface area contributed by atoms with Gasteiger partial charge in [-0.25, -0.2) is 4.39 Å². The predicted molar refractivity (Wildman–Crippen MR) is 43.1 cm³/mol. The van der Waals surface area contributed by atoms with E-state index in [-0.39, 0.29) is 0 Å². The normalized spacial score (nSPS) is 11.5. The highest BCUT2D eigenvalue weighted by Gasteiger charge is 2.36. The first-order valence-electron chi connectivity index (χ1n) is 3.84. The minimum Gasteiger partial charge on any atom is -0.504 e. The number of halogens is 4. The largest absolute Gasteiger partial charge is 0.504 e. The van der Waals surface area contributed by atoms with Crippen molar-refractivity contribution in [2.24, 2.45) is 0 Å². The summed E-state index contributed by atoms with van der Waals surface area (Å²) < 4.78 is 49.7. The lowest BCUT2D eigenvalue weighted by molar-refractivity contribution is -0.138. The molecule has 15 heavy (non-hydrogen) atoms. The highest BCUT2D eigenvalue weighted by atomic mass is 19.4. The summed E-state index contributed by atoms with van der Waals surface area (Å²) in [6, 6.07) is 0.885. The van der Waals surface area contributed by atoms with Crippen molar-refractivity contribution in [3.63, 3.8) is 0 Å². The molecule has 82 valence electrons. The van der Waals surface area contributed by atoms with Gasteiger partial charge in [0.25, 0.3) is 0 Å². The quantitative estimate of drug-likeness (QED) is 0.586. The van der Waals surface area contributed by atoms with E-state index in [2.05, 4.69) is 0 Å². The molecule has 6 heteroatoms. The highest BCUT2D eigenvalue weighted by molar-refractivity contribution is 5.98. The Kier molecular flexibility index (Phi) is 2.70. The number of benzene rings is 1. The molecule has 2 nitrogen and oxygen atoms in total. The molecule has 0 amide bonds. The zero-order chi connectivity index (χ0) is 11.8. The molecule has 0 aliphatic carbocycles. The number of hydrogen-bond donors (Lipinski definition) is 1. The van der Waals surface area contributed by atoms with Crippen LogP contribution in [0.5, 0.6) is 5.75 Å². The summed E-state index contributed by atoms with van der Waals surface area (Å²) >= 11 is 0. The van der Waals surface area contributed by atoms with Crippen LogP contribution in [0.15, 0.2) is 12.1 Å². The highest BCUT2D eigenvalue weighted by Crippen LogP contribution is 2.36. The standard InChI is InChI=1S/C9H6F4O2/c1-4(14)7-5(9(11,12)13)2-3-6(10)8(7)15/h2-3,15H,1H3. The molecule has 0 bridgehead atoms. The SMILES string of the molecule is CC(=O)c1c(C(F)(F)F)ccc(F)c1O. The molecular weight excluding hydrogens is 216 g/mol. The van der Waals surface area contributed by atoms with E-state index in [0.717, 1.165) is 6.92 Å². The fourth-order valence-corrected chi connectivity index (χ4v) is 1.16. The third kappa shape index (κ3) is 2.08. The van der Waals surface area contributed by atoms with E-state index in [9.17, 15) is 22.4 Å². The number of carbonyl (C=O) groups excluding carboxylic acids is 1. The molecule has 0 aromatic heterocycles. The zero-order valence-corrected chi connectivity index (χ0v) is 7.52. The van der Waals surface area contributed by atoms with Crippen molar-refractivity contribution >= 4 is 5.78 Å². The smallest absolute Gasteiger partial charge is 0.417 e. The fourth-order valence-electron chi connectivity index (χ4n) is 1.16. The third-order valence-corrected chi connectivity index (χ3v) is 1.79. The second-order valence-corrected chi connectivity index (χ2v) is 2.87. The second kappa shape index (κ2) is 3.52. The van der Waals surface area contributed by atoms with Crippen molar-refractivity contribution in [1.82, 2.24) is 0 Å². The maximum atomic E-state index is 12.7. The van der Waals surface area contributed by atoms with E-state index in [0.29, 0.717) is 12.1 Å². The van der Waals surface area contributed by atoms with Crippen LogP contribution in [0.2, 0.25) is 0 Å². The molecule has 0 unspecified atom stereocenters. The van der Waals surface area contributed by atoms with Crippen LogP contribution in [-0.2, 0) is 6.18 Å². The average Bonchev–Trinajstić information content (AvgIpc) is 2.06. The Morgan fingerprint density at radius 2 is 1.87 bits per heavy atom. The first-order chi connectivity index (χ1) is 6.75. The number of phenols is 1. The molecule has 1 aromatic carbocycles. The monoisotopic (exact) mass is 222 g/mol. The number of hydrogen-bond acceptors (Lipinski definition) is 2. The van der Waals surface area contributed by atoms with Gasteiger partial charge in [-0.1, -0.05) is 0 Å². The van der Waals surface area contributed by atoms with Crippen molar-refractivity contribution in [2.45, 2.75) is 13.1 Å². The Bertz CT molecular complexity index is 409. The van der Waals surface area contributed by atoms with Crippen molar-refractivity contribution in [1.29, 1.82) is 0 Å². The first kappa shape index (κ1) is 11.5. The van der Waals surface area contributed by atoms with Crippen LogP contribution in [0.4, 0.5) is 17.6 Å². The van der Waals surface area contributed by atoms with Crippen molar-refractivity contribution in [3.05, 3.63) is 29.1 Å². The maximum absolute atomic E-state index is 12.7. The van der Waals surface area contributed by atoms with Gasteiger partial charge in [0.05, 0.1) is 11.1 Å². The number of carbonyl (C=O) groups is 1. The summed E-state index contributed by atoms with van der Waals surface area (Å²) in [4.78, 5) is 10.9. The predicted octanol–water partition coefficient (Wildman–Crippen LogP) is 2.75. The zero-order valence-electron chi connectivity index (χ0n) is 7.52. The molecule has 1 aromatic rings.